The molecule has 0 saturated heterocycles. The van der Waals surface area contributed by atoms with Crippen molar-refractivity contribution in [1.82, 2.24) is 10.2 Å². The van der Waals surface area contributed by atoms with E-state index in [2.05, 4.69) is 15.5 Å². The second-order valence-electron chi connectivity index (χ2n) is 5.31. The molecule has 1 aliphatic rings. The standard InChI is InChI=1S/C17H12ClN3O3/c18-7-8-24-17(23)19-11-5-1-3-9-14(11)16(22)10-4-2-6-12-13(10)15(9)21-20-12/h1-6H,7-8H2,(H,19,23)(H,20,21). The van der Waals surface area contributed by atoms with Gasteiger partial charge in [0.25, 0.3) is 0 Å². The van der Waals surface area contributed by atoms with Gasteiger partial charge in [-0.3, -0.25) is 15.2 Å². The van der Waals surface area contributed by atoms with Gasteiger partial charge in [0.05, 0.1) is 22.6 Å². The number of aromatic nitrogens is 2. The van der Waals surface area contributed by atoms with E-state index in [9.17, 15) is 9.59 Å². The average molecular weight is 342 g/mol. The summed E-state index contributed by atoms with van der Waals surface area (Å²) in [5, 5.41) is 10.7. The monoisotopic (exact) mass is 341 g/mol. The van der Waals surface area contributed by atoms with Gasteiger partial charge in [-0.2, -0.15) is 5.10 Å². The molecule has 0 unspecified atom stereocenters. The molecule has 0 radical (unpaired) electrons. The minimum Gasteiger partial charge on any atom is -0.448 e. The van der Waals surface area contributed by atoms with Crippen molar-refractivity contribution in [3.63, 3.8) is 0 Å². The molecule has 7 heteroatoms. The molecule has 1 aromatic heterocycles. The lowest BCUT2D eigenvalue weighted by molar-refractivity contribution is 0.104. The number of fused-ring (bicyclic) bond motifs is 2. The Balaban J connectivity index is 1.84. The molecule has 0 saturated carbocycles. The zero-order valence-corrected chi connectivity index (χ0v) is 13.2. The van der Waals surface area contributed by atoms with E-state index in [4.69, 9.17) is 16.3 Å². The van der Waals surface area contributed by atoms with Crippen molar-refractivity contribution in [2.45, 2.75) is 0 Å². The molecule has 4 rings (SSSR count). The number of nitrogens with one attached hydrogen (secondary N) is 2. The van der Waals surface area contributed by atoms with Crippen molar-refractivity contribution in [3.8, 4) is 11.3 Å². The molecular weight excluding hydrogens is 330 g/mol. The van der Waals surface area contributed by atoms with Crippen LogP contribution in [0.25, 0.3) is 22.2 Å². The van der Waals surface area contributed by atoms with Crippen LogP contribution < -0.4 is 5.32 Å². The number of carbonyl (C=O) groups excluding carboxylic acids is 2. The van der Waals surface area contributed by atoms with E-state index in [1.54, 1.807) is 24.3 Å². The first-order valence-electron chi connectivity index (χ1n) is 7.35. The fraction of sp³-hybridized carbons (Fsp3) is 0.118. The van der Waals surface area contributed by atoms with Gasteiger partial charge in [0, 0.05) is 16.5 Å². The Hall–Kier alpha value is -2.86. The summed E-state index contributed by atoms with van der Waals surface area (Å²) in [7, 11) is 0. The molecule has 0 aliphatic heterocycles. The lowest BCUT2D eigenvalue weighted by Gasteiger charge is -2.18. The SMILES string of the molecule is O=C(Nc1cccc2c1C(=O)c1cccc3[nH]nc-2c13)OCCCl. The maximum Gasteiger partial charge on any atom is 0.411 e. The van der Waals surface area contributed by atoms with Crippen LogP contribution in [0.2, 0.25) is 0 Å². The summed E-state index contributed by atoms with van der Waals surface area (Å²) < 4.78 is 4.92. The third-order valence-electron chi connectivity index (χ3n) is 3.93. The van der Waals surface area contributed by atoms with E-state index in [0.717, 1.165) is 10.9 Å². The predicted octanol–water partition coefficient (Wildman–Crippen LogP) is 3.56. The average Bonchev–Trinajstić information content (AvgIpc) is 3.03. The molecule has 0 spiro atoms. The van der Waals surface area contributed by atoms with E-state index < -0.39 is 6.09 Å². The molecule has 1 aliphatic carbocycles. The predicted molar refractivity (Wildman–Crippen MR) is 90.7 cm³/mol. The summed E-state index contributed by atoms with van der Waals surface area (Å²) in [6, 6.07) is 10.7. The van der Waals surface area contributed by atoms with Gasteiger partial charge in [0.1, 0.15) is 12.3 Å². The molecule has 3 aromatic rings. The van der Waals surface area contributed by atoms with Crippen LogP contribution in [0.4, 0.5) is 10.5 Å². The van der Waals surface area contributed by atoms with Crippen molar-refractivity contribution < 1.29 is 14.3 Å². The van der Waals surface area contributed by atoms with Gasteiger partial charge in [0.2, 0.25) is 0 Å². The highest BCUT2D eigenvalue weighted by Gasteiger charge is 2.29. The van der Waals surface area contributed by atoms with Gasteiger partial charge in [-0.05, 0) is 12.1 Å². The highest BCUT2D eigenvalue weighted by atomic mass is 35.5. The summed E-state index contributed by atoms with van der Waals surface area (Å²) in [5.41, 5.74) is 3.55. The number of nitrogens with zero attached hydrogens (tertiary/aromatic N) is 1. The number of anilines is 1. The van der Waals surface area contributed by atoms with Crippen molar-refractivity contribution in [2.24, 2.45) is 0 Å². The summed E-state index contributed by atoms with van der Waals surface area (Å²) in [6.45, 7) is 0.0964. The Morgan fingerprint density at radius 2 is 2.00 bits per heavy atom. The van der Waals surface area contributed by atoms with Gasteiger partial charge < -0.3 is 4.74 Å². The Kier molecular flexibility index (Phi) is 3.46. The maximum atomic E-state index is 13.0. The Bertz CT molecular complexity index is 980. The van der Waals surface area contributed by atoms with Gasteiger partial charge in [-0.15, -0.1) is 11.6 Å². The number of carbonyl (C=O) groups is 2. The summed E-state index contributed by atoms with van der Waals surface area (Å²) >= 11 is 5.51. The topological polar surface area (TPSA) is 84.1 Å². The number of halogens is 1. The minimum atomic E-state index is -0.650. The molecule has 0 bridgehead atoms. The molecule has 2 aromatic carbocycles. The van der Waals surface area contributed by atoms with E-state index in [1.807, 2.05) is 12.1 Å². The quantitative estimate of drug-likeness (QED) is 0.558. The van der Waals surface area contributed by atoms with Crippen LogP contribution in [-0.2, 0) is 4.74 Å². The number of rotatable bonds is 3. The highest BCUT2D eigenvalue weighted by Crippen LogP contribution is 2.40. The molecule has 1 heterocycles. The van der Waals surface area contributed by atoms with E-state index >= 15 is 0 Å². The first-order chi connectivity index (χ1) is 11.7. The van der Waals surface area contributed by atoms with Gasteiger partial charge in [0.15, 0.2) is 5.78 Å². The molecular formula is C17H12ClN3O3. The number of hydrogen-bond acceptors (Lipinski definition) is 4. The van der Waals surface area contributed by atoms with E-state index in [1.165, 1.54) is 0 Å². The Labute approximate surface area is 141 Å². The number of amides is 1. The fourth-order valence-corrected chi connectivity index (χ4v) is 3.04. The first kappa shape index (κ1) is 14.7. The second-order valence-corrected chi connectivity index (χ2v) is 5.69. The number of ether oxygens (including phenoxy) is 1. The molecule has 1 amide bonds. The molecule has 0 fully saturated rings. The fourth-order valence-electron chi connectivity index (χ4n) is 2.97. The van der Waals surface area contributed by atoms with Gasteiger partial charge in [-0.25, -0.2) is 4.79 Å². The molecule has 2 N–H and O–H groups in total. The van der Waals surface area contributed by atoms with Crippen LogP contribution in [0, 0.1) is 0 Å². The largest absolute Gasteiger partial charge is 0.448 e. The lowest BCUT2D eigenvalue weighted by atomic mass is 9.86. The zero-order chi connectivity index (χ0) is 16.7. The van der Waals surface area contributed by atoms with Gasteiger partial charge >= 0.3 is 6.09 Å². The summed E-state index contributed by atoms with van der Waals surface area (Å²) in [4.78, 5) is 24.8. The van der Waals surface area contributed by atoms with Crippen LogP contribution in [0.15, 0.2) is 36.4 Å². The smallest absolute Gasteiger partial charge is 0.411 e. The van der Waals surface area contributed by atoms with Gasteiger partial charge in [-0.1, -0.05) is 24.3 Å². The van der Waals surface area contributed by atoms with Crippen LogP contribution in [-0.4, -0.2) is 34.6 Å². The number of ketones is 1. The molecule has 0 atom stereocenters. The van der Waals surface area contributed by atoms with E-state index in [0.29, 0.717) is 28.1 Å². The molecule has 24 heavy (non-hydrogen) atoms. The van der Waals surface area contributed by atoms with Crippen molar-refractivity contribution in [3.05, 3.63) is 47.5 Å². The van der Waals surface area contributed by atoms with Crippen LogP contribution in [0.1, 0.15) is 15.9 Å². The van der Waals surface area contributed by atoms with Crippen LogP contribution in [0.5, 0.6) is 0 Å². The van der Waals surface area contributed by atoms with E-state index in [-0.39, 0.29) is 18.3 Å². The number of hydrogen-bond donors (Lipinski definition) is 2. The highest BCUT2D eigenvalue weighted by molar-refractivity contribution is 6.27. The Morgan fingerprint density at radius 3 is 2.83 bits per heavy atom. The zero-order valence-electron chi connectivity index (χ0n) is 12.4. The normalized spacial score (nSPS) is 12.1. The van der Waals surface area contributed by atoms with Crippen molar-refractivity contribution in [1.29, 1.82) is 0 Å². The summed E-state index contributed by atoms with van der Waals surface area (Å²) in [6.07, 6.45) is -0.650. The molecule has 6 nitrogen and oxygen atoms in total. The second kappa shape index (κ2) is 5.65. The molecule has 120 valence electrons. The first-order valence-corrected chi connectivity index (χ1v) is 7.89. The van der Waals surface area contributed by atoms with Crippen molar-refractivity contribution >= 4 is 40.1 Å². The third-order valence-corrected chi connectivity index (χ3v) is 4.08. The Morgan fingerprint density at radius 1 is 1.21 bits per heavy atom. The van der Waals surface area contributed by atoms with Crippen LogP contribution in [0.3, 0.4) is 0 Å². The minimum absolute atomic E-state index is 0.0964. The van der Waals surface area contributed by atoms with Crippen LogP contribution >= 0.6 is 11.6 Å². The number of alkyl halides is 1. The third kappa shape index (κ3) is 2.15. The summed E-state index contributed by atoms with van der Waals surface area (Å²) in [5.74, 6) is 0.0514. The maximum absolute atomic E-state index is 13.0. The number of benzene rings is 2. The number of aromatic amines is 1. The number of H-pyrrole nitrogens is 1. The lowest BCUT2D eigenvalue weighted by Crippen LogP contribution is -2.19. The van der Waals surface area contributed by atoms with Crippen molar-refractivity contribution in [2.75, 3.05) is 17.8 Å².